The Hall–Kier alpha value is -3.40. The maximum atomic E-state index is 6.95. The number of benzene rings is 2. The average molecular weight is 495 g/mol. The molecule has 1 aliphatic heterocycles. The number of allylic oxidation sites excluding steroid dienone is 8. The number of para-hydroxylation sites is 2. The van der Waals surface area contributed by atoms with Crippen LogP contribution in [0.1, 0.15) is 44.2 Å². The van der Waals surface area contributed by atoms with Crippen LogP contribution < -0.4 is 15.0 Å². The first-order valence-electron chi connectivity index (χ1n) is 12.9. The lowest BCUT2D eigenvalue weighted by Crippen LogP contribution is -2.34. The van der Waals surface area contributed by atoms with Crippen molar-refractivity contribution in [3.05, 3.63) is 119 Å². The quantitative estimate of drug-likeness (QED) is 0.354. The highest BCUT2D eigenvalue weighted by atomic mass is 35.5. The van der Waals surface area contributed by atoms with Crippen LogP contribution in [0.2, 0.25) is 0 Å². The number of fused-ring (bicyclic) bond motifs is 2. The first kappa shape index (κ1) is 24.3. The summed E-state index contributed by atoms with van der Waals surface area (Å²) in [5, 5.41) is 4.24. The standard InChI is InChI=1S/C32H33ClN3/c1-3-34-36-23-21-25(29-13-6-8-15-31(29)36)17-19-27-11-9-10-26(32(27)33)18-16-24-20-22-35(4-2)30-14-7-5-12-28(24)30/h5-8,12-23,34H,3-4,9-11H2,1-2H3/q+1. The minimum atomic E-state index is 0.871. The summed E-state index contributed by atoms with van der Waals surface area (Å²) in [6, 6.07) is 19.3. The molecule has 0 radical (unpaired) electrons. The third kappa shape index (κ3) is 4.95. The molecule has 3 aromatic rings. The van der Waals surface area contributed by atoms with Crippen LogP contribution in [-0.4, -0.2) is 6.54 Å². The molecular weight excluding hydrogens is 462 g/mol. The van der Waals surface area contributed by atoms with E-state index >= 15 is 0 Å². The van der Waals surface area contributed by atoms with Crippen LogP contribution >= 0.6 is 11.6 Å². The fourth-order valence-corrected chi connectivity index (χ4v) is 5.34. The molecule has 182 valence electrons. The Morgan fingerprint density at radius 3 is 2.67 bits per heavy atom. The van der Waals surface area contributed by atoms with E-state index in [-0.39, 0.29) is 0 Å². The summed E-state index contributed by atoms with van der Waals surface area (Å²) in [5.74, 6) is 0. The molecule has 1 aromatic heterocycles. The number of halogens is 1. The van der Waals surface area contributed by atoms with Gasteiger partial charge in [-0.05, 0) is 66.7 Å². The Morgan fingerprint density at radius 1 is 0.972 bits per heavy atom. The van der Waals surface area contributed by atoms with E-state index in [4.69, 9.17) is 11.6 Å². The fourth-order valence-electron chi connectivity index (χ4n) is 5.02. The van der Waals surface area contributed by atoms with Gasteiger partial charge in [0, 0.05) is 35.5 Å². The number of pyridine rings is 1. The molecule has 2 aliphatic rings. The highest BCUT2D eigenvalue weighted by Gasteiger charge is 2.17. The second-order valence-corrected chi connectivity index (χ2v) is 9.51. The van der Waals surface area contributed by atoms with Gasteiger partial charge in [-0.1, -0.05) is 73.2 Å². The molecule has 2 aromatic carbocycles. The van der Waals surface area contributed by atoms with Crippen molar-refractivity contribution in [1.82, 2.24) is 5.43 Å². The number of hydrazine groups is 1. The van der Waals surface area contributed by atoms with Gasteiger partial charge in [0.15, 0.2) is 6.20 Å². The van der Waals surface area contributed by atoms with E-state index in [1.807, 2.05) is 0 Å². The highest BCUT2D eigenvalue weighted by molar-refractivity contribution is 6.32. The molecule has 5 rings (SSSR count). The number of anilines is 1. The van der Waals surface area contributed by atoms with Gasteiger partial charge in [-0.15, -0.1) is 0 Å². The van der Waals surface area contributed by atoms with Crippen molar-refractivity contribution in [3.63, 3.8) is 0 Å². The van der Waals surface area contributed by atoms with Crippen LogP contribution in [-0.2, 0) is 6.54 Å². The van der Waals surface area contributed by atoms with Gasteiger partial charge in [0.1, 0.15) is 6.54 Å². The zero-order valence-electron chi connectivity index (χ0n) is 21.0. The largest absolute Gasteiger partial charge is 0.284 e. The summed E-state index contributed by atoms with van der Waals surface area (Å²) >= 11 is 6.95. The summed E-state index contributed by atoms with van der Waals surface area (Å²) in [6.45, 7) is 6.11. The van der Waals surface area contributed by atoms with Gasteiger partial charge in [0.25, 0.3) is 0 Å². The molecule has 0 saturated carbocycles. The summed E-state index contributed by atoms with van der Waals surface area (Å²) in [4.78, 5) is 0. The molecule has 0 saturated heterocycles. The summed E-state index contributed by atoms with van der Waals surface area (Å²) in [5.41, 5.74) is 11.9. The van der Waals surface area contributed by atoms with E-state index in [0.717, 1.165) is 37.4 Å². The second-order valence-electron chi connectivity index (χ2n) is 9.13. The van der Waals surface area contributed by atoms with E-state index in [9.17, 15) is 0 Å². The van der Waals surface area contributed by atoms with Gasteiger partial charge in [-0.2, -0.15) is 4.57 Å². The van der Waals surface area contributed by atoms with E-state index in [1.54, 1.807) is 0 Å². The summed E-state index contributed by atoms with van der Waals surface area (Å²) in [6.07, 6.45) is 18.4. The maximum absolute atomic E-state index is 6.95. The van der Waals surface area contributed by atoms with Crippen molar-refractivity contribution in [2.24, 2.45) is 0 Å². The monoisotopic (exact) mass is 494 g/mol. The number of aryl methyl sites for hydroxylation is 1. The molecule has 0 bridgehead atoms. The lowest BCUT2D eigenvalue weighted by atomic mass is 9.92. The van der Waals surface area contributed by atoms with E-state index < -0.39 is 0 Å². The normalized spacial score (nSPS) is 18.1. The van der Waals surface area contributed by atoms with Crippen molar-refractivity contribution in [1.29, 1.82) is 0 Å². The minimum absolute atomic E-state index is 0.871. The third-order valence-electron chi connectivity index (χ3n) is 6.89. The van der Waals surface area contributed by atoms with Crippen LogP contribution in [0, 0.1) is 0 Å². The second kappa shape index (κ2) is 11.1. The number of hydrogen-bond donors (Lipinski definition) is 1. The molecule has 36 heavy (non-hydrogen) atoms. The number of nitrogens with one attached hydrogen (secondary N) is 1. The lowest BCUT2D eigenvalue weighted by Gasteiger charge is -2.27. The smallest absolute Gasteiger partial charge is 0.213 e. The van der Waals surface area contributed by atoms with Gasteiger partial charge in [0.05, 0.1) is 11.1 Å². The molecule has 0 unspecified atom stereocenters. The highest BCUT2D eigenvalue weighted by Crippen LogP contribution is 2.36. The third-order valence-corrected chi connectivity index (χ3v) is 7.38. The Balaban J connectivity index is 1.44. The van der Waals surface area contributed by atoms with Crippen molar-refractivity contribution >= 4 is 39.8 Å². The van der Waals surface area contributed by atoms with Crippen molar-refractivity contribution in [2.75, 3.05) is 11.6 Å². The van der Waals surface area contributed by atoms with E-state index in [2.05, 4.69) is 126 Å². The molecule has 0 amide bonds. The van der Waals surface area contributed by atoms with Crippen LogP contribution in [0.3, 0.4) is 0 Å². The molecule has 0 spiro atoms. The topological polar surface area (TPSA) is 19.1 Å². The molecular formula is C32H33ClN3+. The average Bonchev–Trinajstić information content (AvgIpc) is 2.92. The molecule has 0 atom stereocenters. The van der Waals surface area contributed by atoms with Crippen LogP contribution in [0.25, 0.3) is 22.6 Å². The van der Waals surface area contributed by atoms with E-state index in [1.165, 1.54) is 44.4 Å². The fraction of sp³-hybridized carbons (Fsp3) is 0.219. The summed E-state index contributed by atoms with van der Waals surface area (Å²) < 4.78 is 2.28. The zero-order chi connectivity index (χ0) is 24.9. The zero-order valence-corrected chi connectivity index (χ0v) is 21.8. The molecule has 4 heteroatoms. The van der Waals surface area contributed by atoms with Gasteiger partial charge in [-0.3, -0.25) is 5.01 Å². The van der Waals surface area contributed by atoms with Gasteiger partial charge < -0.3 is 0 Å². The van der Waals surface area contributed by atoms with Gasteiger partial charge in [0.2, 0.25) is 5.52 Å². The van der Waals surface area contributed by atoms with Crippen molar-refractivity contribution < 1.29 is 4.57 Å². The van der Waals surface area contributed by atoms with Crippen molar-refractivity contribution in [3.8, 4) is 0 Å². The lowest BCUT2D eigenvalue weighted by molar-refractivity contribution is -0.667. The molecule has 3 nitrogen and oxygen atoms in total. The Kier molecular flexibility index (Phi) is 7.50. The minimum Gasteiger partial charge on any atom is -0.284 e. The molecule has 2 heterocycles. The number of aromatic nitrogens is 1. The summed E-state index contributed by atoms with van der Waals surface area (Å²) in [7, 11) is 0. The van der Waals surface area contributed by atoms with Gasteiger partial charge >= 0.3 is 0 Å². The Morgan fingerprint density at radius 2 is 1.81 bits per heavy atom. The number of rotatable bonds is 6. The Bertz CT molecular complexity index is 1420. The SMILES string of the molecule is CCNN1C=CC(=CC=C2CCCC(C=Cc3cc[n+](CC)c4ccccc34)=C2Cl)c2ccccc21. The van der Waals surface area contributed by atoms with Crippen LogP contribution in [0.5, 0.6) is 0 Å². The molecule has 1 N–H and O–H groups in total. The first-order chi connectivity index (χ1) is 17.7. The predicted octanol–water partition coefficient (Wildman–Crippen LogP) is 7.71. The molecule has 1 aliphatic carbocycles. The van der Waals surface area contributed by atoms with Gasteiger partial charge in [-0.25, -0.2) is 5.43 Å². The number of nitrogens with zero attached hydrogens (tertiary/aromatic N) is 2. The van der Waals surface area contributed by atoms with Crippen LogP contribution in [0.15, 0.2) is 107 Å². The first-order valence-corrected chi connectivity index (χ1v) is 13.3. The van der Waals surface area contributed by atoms with Crippen molar-refractivity contribution in [2.45, 2.75) is 39.7 Å². The predicted molar refractivity (Wildman–Crippen MR) is 153 cm³/mol. The Labute approximate surface area is 219 Å². The maximum Gasteiger partial charge on any atom is 0.213 e. The van der Waals surface area contributed by atoms with E-state index in [0.29, 0.717) is 0 Å². The number of hydrogen-bond acceptors (Lipinski definition) is 2. The van der Waals surface area contributed by atoms with Crippen LogP contribution in [0.4, 0.5) is 5.69 Å². The molecule has 0 fully saturated rings.